The number of carbonyl (C=O) groups is 4. The van der Waals surface area contributed by atoms with E-state index in [0.717, 1.165) is 11.1 Å². The van der Waals surface area contributed by atoms with Crippen molar-refractivity contribution in [2.75, 3.05) is 11.8 Å². The topological polar surface area (TPSA) is 131 Å². The molecule has 0 aliphatic carbocycles. The molecule has 9 nitrogen and oxygen atoms in total. The van der Waals surface area contributed by atoms with Gasteiger partial charge in [0.1, 0.15) is 11.6 Å². The van der Waals surface area contributed by atoms with Crippen molar-refractivity contribution in [1.29, 1.82) is 0 Å². The zero-order valence-corrected chi connectivity index (χ0v) is 19.5. The average Bonchev–Trinajstić information content (AvgIpc) is 3.15. The molecule has 0 unspecified atom stereocenters. The van der Waals surface area contributed by atoms with Gasteiger partial charge in [-0.25, -0.2) is 4.79 Å². The van der Waals surface area contributed by atoms with Gasteiger partial charge in [0.15, 0.2) is 0 Å². The molecule has 33 heavy (non-hydrogen) atoms. The lowest BCUT2D eigenvalue weighted by Gasteiger charge is -2.25. The molecule has 0 bridgehead atoms. The molecule has 1 fully saturated rings. The van der Waals surface area contributed by atoms with Gasteiger partial charge in [-0.05, 0) is 51.2 Å². The van der Waals surface area contributed by atoms with Crippen molar-refractivity contribution in [2.45, 2.75) is 64.5 Å². The summed E-state index contributed by atoms with van der Waals surface area (Å²) in [5, 5.41) is 5.09. The number of fused-ring (bicyclic) bond motifs is 2. The maximum atomic E-state index is 13.8. The normalized spacial score (nSPS) is 24.8. The van der Waals surface area contributed by atoms with E-state index in [4.69, 9.17) is 13.2 Å². The molecule has 9 heteroatoms. The van der Waals surface area contributed by atoms with Crippen LogP contribution in [0.15, 0.2) is 36.0 Å². The highest BCUT2D eigenvalue weighted by molar-refractivity contribution is 6.09. The number of para-hydroxylation sites is 1. The summed E-state index contributed by atoms with van der Waals surface area (Å²) in [5.41, 5.74) is 3.86. The number of benzene rings is 1. The average molecular weight is 459 g/mol. The zero-order chi connectivity index (χ0) is 26.3. The summed E-state index contributed by atoms with van der Waals surface area (Å²) in [6.45, 7) is 6.17. The lowest BCUT2D eigenvalue weighted by molar-refractivity contribution is -0.134. The molecule has 2 atom stereocenters. The Morgan fingerprint density at radius 2 is 2.03 bits per heavy atom. The van der Waals surface area contributed by atoms with Crippen LogP contribution >= 0.6 is 0 Å². The second kappa shape index (κ2) is 8.88. The third kappa shape index (κ3) is 5.02. The van der Waals surface area contributed by atoms with Gasteiger partial charge in [0.2, 0.25) is 11.8 Å². The largest absolute Gasteiger partial charge is 0.444 e. The van der Waals surface area contributed by atoms with Gasteiger partial charge in [-0.3, -0.25) is 19.7 Å². The van der Waals surface area contributed by atoms with E-state index in [1.54, 1.807) is 45.0 Å². The van der Waals surface area contributed by atoms with E-state index in [1.807, 2.05) is 13.8 Å². The second-order valence-corrected chi connectivity index (χ2v) is 9.73. The highest BCUT2D eigenvalue weighted by Gasteiger charge is 2.57. The molecule has 4 amide bonds. The Kier molecular flexibility index (Phi) is 5.78. The Morgan fingerprint density at radius 3 is 2.64 bits per heavy atom. The SMILES string of the molecule is [2H]C1([2H])N(C(=O)C(=CNC(=O)OC(C)(C)C)CC(C)C)[C@H](C(N)=O)C[C@]12C(=O)Nc1ccccc12. The van der Waals surface area contributed by atoms with E-state index in [2.05, 4.69) is 10.6 Å². The molecule has 2 heterocycles. The summed E-state index contributed by atoms with van der Waals surface area (Å²) < 4.78 is 23.2. The fraction of sp³-hybridized carbons (Fsp3) is 0.500. The number of nitrogens with zero attached hydrogens (tertiary/aromatic N) is 1. The Balaban J connectivity index is 2.05. The van der Waals surface area contributed by atoms with Crippen LogP contribution in [0.2, 0.25) is 0 Å². The highest BCUT2D eigenvalue weighted by Crippen LogP contribution is 2.46. The molecule has 178 valence electrons. The Morgan fingerprint density at radius 1 is 1.36 bits per heavy atom. The first kappa shape index (κ1) is 21.5. The molecule has 0 radical (unpaired) electrons. The number of nitrogens with one attached hydrogen (secondary N) is 2. The molecule has 1 saturated heterocycles. The molecule has 1 spiro atoms. The summed E-state index contributed by atoms with van der Waals surface area (Å²) >= 11 is 0. The molecule has 2 aliphatic rings. The Hall–Kier alpha value is -3.36. The summed E-state index contributed by atoms with van der Waals surface area (Å²) in [4.78, 5) is 52.3. The number of likely N-dealkylation sites (tertiary alicyclic amines) is 1. The molecule has 2 aliphatic heterocycles. The van der Waals surface area contributed by atoms with Gasteiger partial charge in [-0.1, -0.05) is 32.0 Å². The van der Waals surface area contributed by atoms with Gasteiger partial charge in [-0.15, -0.1) is 0 Å². The van der Waals surface area contributed by atoms with Gasteiger partial charge >= 0.3 is 6.09 Å². The predicted molar refractivity (Wildman–Crippen MR) is 123 cm³/mol. The quantitative estimate of drug-likeness (QED) is 0.583. The van der Waals surface area contributed by atoms with Crippen molar-refractivity contribution < 1.29 is 26.7 Å². The molecular formula is C24H32N4O5. The summed E-state index contributed by atoms with van der Waals surface area (Å²) in [7, 11) is 0. The third-order valence-corrected chi connectivity index (χ3v) is 5.36. The molecule has 1 aromatic rings. The lowest BCUT2D eigenvalue weighted by Crippen LogP contribution is -2.45. The smallest absolute Gasteiger partial charge is 0.411 e. The molecule has 4 N–H and O–H groups in total. The van der Waals surface area contributed by atoms with Crippen molar-refractivity contribution in [1.82, 2.24) is 10.2 Å². The van der Waals surface area contributed by atoms with E-state index in [-0.39, 0.29) is 24.3 Å². The fourth-order valence-electron chi connectivity index (χ4n) is 4.02. The summed E-state index contributed by atoms with van der Waals surface area (Å²) in [5.74, 6) is -2.46. The maximum absolute atomic E-state index is 13.8. The molecule has 3 rings (SSSR count). The Bertz CT molecular complexity index is 1100. The van der Waals surface area contributed by atoms with Crippen LogP contribution in [0.5, 0.6) is 0 Å². The maximum Gasteiger partial charge on any atom is 0.411 e. The molecule has 1 aromatic carbocycles. The first-order valence-electron chi connectivity index (χ1n) is 11.8. The van der Waals surface area contributed by atoms with Gasteiger partial charge < -0.3 is 20.7 Å². The molecular weight excluding hydrogens is 424 g/mol. The van der Waals surface area contributed by atoms with Crippen molar-refractivity contribution in [3.05, 3.63) is 41.6 Å². The first-order chi connectivity index (χ1) is 16.1. The van der Waals surface area contributed by atoms with E-state index in [9.17, 15) is 19.2 Å². The lowest BCUT2D eigenvalue weighted by atomic mass is 9.79. The van der Waals surface area contributed by atoms with E-state index >= 15 is 0 Å². The summed E-state index contributed by atoms with van der Waals surface area (Å²) in [6, 6.07) is 5.22. The Labute approximate surface area is 196 Å². The number of primary amides is 1. The van der Waals surface area contributed by atoms with Crippen LogP contribution in [0, 0.1) is 5.92 Å². The minimum absolute atomic E-state index is 0.0457. The minimum atomic E-state index is -2.59. The number of hydrogen-bond acceptors (Lipinski definition) is 5. The molecule has 0 saturated carbocycles. The van der Waals surface area contributed by atoms with Crippen LogP contribution in [-0.2, 0) is 24.5 Å². The first-order valence-corrected chi connectivity index (χ1v) is 10.8. The molecule has 0 aromatic heterocycles. The number of rotatable bonds is 5. The van der Waals surface area contributed by atoms with Crippen molar-refractivity contribution in [3.63, 3.8) is 0 Å². The second-order valence-electron chi connectivity index (χ2n) is 9.73. The number of hydrogen-bond donors (Lipinski definition) is 3. The van der Waals surface area contributed by atoms with E-state index < -0.39 is 47.4 Å². The van der Waals surface area contributed by atoms with Crippen LogP contribution in [0.3, 0.4) is 0 Å². The number of carbonyl (C=O) groups excluding carboxylic acids is 4. The minimum Gasteiger partial charge on any atom is -0.444 e. The number of alkyl carbamates (subject to hydrolysis) is 1. The van der Waals surface area contributed by atoms with Crippen molar-refractivity contribution in [3.8, 4) is 0 Å². The van der Waals surface area contributed by atoms with E-state index in [1.165, 1.54) is 0 Å². The van der Waals surface area contributed by atoms with Crippen LogP contribution in [0.25, 0.3) is 0 Å². The fourth-order valence-corrected chi connectivity index (χ4v) is 4.02. The van der Waals surface area contributed by atoms with Crippen LogP contribution in [0.1, 0.15) is 55.8 Å². The van der Waals surface area contributed by atoms with Gasteiger partial charge in [0.05, 0.1) is 8.16 Å². The van der Waals surface area contributed by atoms with Crippen LogP contribution in [-0.4, -0.2) is 46.9 Å². The van der Waals surface area contributed by atoms with Crippen LogP contribution in [0.4, 0.5) is 10.5 Å². The van der Waals surface area contributed by atoms with Crippen LogP contribution < -0.4 is 16.4 Å². The summed E-state index contributed by atoms with van der Waals surface area (Å²) in [6.07, 6.45) is 0.238. The van der Waals surface area contributed by atoms with Gasteiger partial charge in [0, 0.05) is 24.0 Å². The predicted octanol–water partition coefficient (Wildman–Crippen LogP) is 2.42. The number of ether oxygens (including phenoxy) is 1. The number of amides is 4. The monoisotopic (exact) mass is 458 g/mol. The standard InChI is InChI=1S/C24H32N4O5/c1-14(2)10-15(12-26-22(32)33-23(3,4)5)20(30)28-13-24(11-18(28)19(25)29)16-8-6-7-9-17(16)27-21(24)31/h6-9,12,14,18H,10-11,13H2,1-5H3,(H2,25,29)(H,26,32)(H,27,31)/t18-,24-/m0/s1/i13D2. The van der Waals surface area contributed by atoms with Crippen molar-refractivity contribution in [2.24, 2.45) is 11.7 Å². The number of anilines is 1. The van der Waals surface area contributed by atoms with Gasteiger partial charge in [0.25, 0.3) is 5.91 Å². The van der Waals surface area contributed by atoms with Crippen molar-refractivity contribution >= 4 is 29.5 Å². The number of nitrogens with two attached hydrogens (primary N) is 1. The third-order valence-electron chi connectivity index (χ3n) is 5.36. The highest BCUT2D eigenvalue weighted by atomic mass is 16.6. The zero-order valence-electron chi connectivity index (χ0n) is 21.5. The van der Waals surface area contributed by atoms with Gasteiger partial charge in [-0.2, -0.15) is 0 Å². The van der Waals surface area contributed by atoms with E-state index in [0.29, 0.717) is 11.3 Å².